The minimum atomic E-state index is -0.835. The van der Waals surface area contributed by atoms with Gasteiger partial charge in [-0.2, -0.15) is 0 Å². The smallest absolute Gasteiger partial charge is 0.441 e. The highest BCUT2D eigenvalue weighted by atomic mass is 16.7. The summed E-state index contributed by atoms with van der Waals surface area (Å²) in [7, 11) is 0. The molecule has 1 unspecified atom stereocenters. The lowest BCUT2D eigenvalue weighted by Gasteiger charge is -2.13. The highest BCUT2D eigenvalue weighted by molar-refractivity contribution is 5.93. The Morgan fingerprint density at radius 1 is 1.06 bits per heavy atom. The first-order chi connectivity index (χ1) is 14.9. The molecule has 0 radical (unpaired) electrons. The molecule has 2 aromatic rings. The predicted octanol–water partition coefficient (Wildman–Crippen LogP) is 5.35. The second-order valence-corrected chi connectivity index (χ2v) is 7.42. The van der Waals surface area contributed by atoms with Crippen LogP contribution >= 0.6 is 0 Å². The van der Waals surface area contributed by atoms with Gasteiger partial charge < -0.3 is 14.3 Å². The summed E-state index contributed by atoms with van der Waals surface area (Å²) >= 11 is 0. The van der Waals surface area contributed by atoms with E-state index in [0.29, 0.717) is 12.2 Å². The van der Waals surface area contributed by atoms with Gasteiger partial charge in [0.1, 0.15) is 6.61 Å². The highest BCUT2D eigenvalue weighted by Gasteiger charge is 2.16. The zero-order chi connectivity index (χ0) is 22.6. The molecule has 0 aliphatic rings. The van der Waals surface area contributed by atoms with Crippen LogP contribution in [0.2, 0.25) is 0 Å². The third-order valence-electron chi connectivity index (χ3n) is 4.65. The molecule has 1 atom stereocenters. The van der Waals surface area contributed by atoms with Gasteiger partial charge in [-0.25, -0.2) is 9.59 Å². The van der Waals surface area contributed by atoms with Crippen LogP contribution in [0.5, 0.6) is 0 Å². The van der Waals surface area contributed by atoms with Crippen LogP contribution in [0.1, 0.15) is 52.4 Å². The summed E-state index contributed by atoms with van der Waals surface area (Å²) in [6.45, 7) is 8.25. The maximum atomic E-state index is 12.3. The second kappa shape index (κ2) is 12.5. The molecule has 31 heavy (non-hydrogen) atoms. The summed E-state index contributed by atoms with van der Waals surface area (Å²) in [6.07, 6.45) is 4.53. The molecule has 1 amide bonds. The summed E-state index contributed by atoms with van der Waals surface area (Å²) in [5.74, 6) is -0.625. The van der Waals surface area contributed by atoms with Crippen molar-refractivity contribution in [1.82, 2.24) is 5.48 Å². The second-order valence-electron chi connectivity index (χ2n) is 7.42. The highest BCUT2D eigenvalue weighted by Crippen LogP contribution is 2.17. The van der Waals surface area contributed by atoms with Crippen LogP contribution in [-0.2, 0) is 20.9 Å². The molecule has 0 fully saturated rings. The lowest BCUT2D eigenvalue weighted by Crippen LogP contribution is -2.28. The Balaban J connectivity index is 1.75. The molecule has 1 N–H and O–H groups in total. The Morgan fingerprint density at radius 3 is 2.39 bits per heavy atom. The molecule has 0 heterocycles. The molecule has 0 aliphatic carbocycles. The van der Waals surface area contributed by atoms with Crippen molar-refractivity contribution in [2.24, 2.45) is 0 Å². The van der Waals surface area contributed by atoms with Gasteiger partial charge in [-0.3, -0.25) is 0 Å². The van der Waals surface area contributed by atoms with Gasteiger partial charge in [0, 0.05) is 0 Å². The van der Waals surface area contributed by atoms with Gasteiger partial charge in [0.25, 0.3) is 0 Å². The van der Waals surface area contributed by atoms with E-state index in [1.165, 1.54) is 0 Å². The van der Waals surface area contributed by atoms with Crippen molar-refractivity contribution in [1.29, 1.82) is 0 Å². The van der Waals surface area contributed by atoms with E-state index >= 15 is 0 Å². The standard InChI is InChI=1S/C25H31NO5/c1-5-10-22(30-17-21-11-7-6-8-12-21)13-9-14-29-25(28)26-31-24(27)23-19(3)15-18(2)16-20(23)4/h6-9,11-13,15-16,22H,5,10,14,17H2,1-4H3,(H,26,28)/b13-9+. The number of hydrogen-bond donors (Lipinski definition) is 1. The van der Waals surface area contributed by atoms with Crippen LogP contribution in [0.4, 0.5) is 4.79 Å². The average Bonchev–Trinajstić information content (AvgIpc) is 2.73. The number of rotatable bonds is 9. The van der Waals surface area contributed by atoms with Crippen LogP contribution in [0.3, 0.4) is 0 Å². The third kappa shape index (κ3) is 8.26. The Morgan fingerprint density at radius 2 is 1.74 bits per heavy atom. The number of amides is 1. The van der Waals surface area contributed by atoms with E-state index in [4.69, 9.17) is 14.3 Å². The van der Waals surface area contributed by atoms with E-state index in [1.807, 2.05) is 74.8 Å². The maximum absolute atomic E-state index is 12.3. The van der Waals surface area contributed by atoms with Crippen molar-refractivity contribution in [3.05, 3.63) is 82.4 Å². The van der Waals surface area contributed by atoms with Gasteiger partial charge in [-0.1, -0.05) is 67.4 Å². The van der Waals surface area contributed by atoms with E-state index in [1.54, 1.807) is 6.08 Å². The number of benzene rings is 2. The van der Waals surface area contributed by atoms with Gasteiger partial charge in [-0.15, -0.1) is 5.48 Å². The Hall–Kier alpha value is -3.12. The van der Waals surface area contributed by atoms with E-state index in [-0.39, 0.29) is 12.7 Å². The number of carbonyl (C=O) groups is 2. The molecule has 0 spiro atoms. The summed E-state index contributed by atoms with van der Waals surface area (Å²) in [5, 5.41) is 0. The lowest BCUT2D eigenvalue weighted by atomic mass is 10.0. The number of nitrogens with one attached hydrogen (secondary N) is 1. The molecule has 166 valence electrons. The van der Waals surface area contributed by atoms with Gasteiger partial charge in [0.05, 0.1) is 18.3 Å². The molecule has 0 saturated heterocycles. The van der Waals surface area contributed by atoms with Gasteiger partial charge in [-0.05, 0) is 50.0 Å². The summed E-state index contributed by atoms with van der Waals surface area (Å²) in [4.78, 5) is 29.0. The summed E-state index contributed by atoms with van der Waals surface area (Å²) < 4.78 is 11.0. The van der Waals surface area contributed by atoms with E-state index in [9.17, 15) is 9.59 Å². The molecule has 0 bridgehead atoms. The molecular weight excluding hydrogens is 394 g/mol. The third-order valence-corrected chi connectivity index (χ3v) is 4.65. The van der Waals surface area contributed by atoms with Crippen molar-refractivity contribution in [3.8, 4) is 0 Å². The SMILES string of the molecule is CCCC(/C=C/COC(=O)NOC(=O)c1c(C)cc(C)cc1C)OCc1ccccc1. The average molecular weight is 426 g/mol. The minimum Gasteiger partial charge on any atom is -0.443 e. The van der Waals surface area contributed by atoms with Gasteiger partial charge in [0.15, 0.2) is 0 Å². The largest absolute Gasteiger partial charge is 0.443 e. The monoisotopic (exact) mass is 425 g/mol. The van der Waals surface area contributed by atoms with Crippen LogP contribution in [0.15, 0.2) is 54.6 Å². The van der Waals surface area contributed by atoms with E-state index in [0.717, 1.165) is 35.1 Å². The van der Waals surface area contributed by atoms with Crippen molar-refractivity contribution in [2.75, 3.05) is 6.61 Å². The number of hydroxylamine groups is 1. The molecular formula is C25H31NO5. The number of carbonyl (C=O) groups excluding carboxylic acids is 2. The summed E-state index contributed by atoms with van der Waals surface area (Å²) in [5.41, 5.74) is 6.21. The van der Waals surface area contributed by atoms with Crippen molar-refractivity contribution in [3.63, 3.8) is 0 Å². The molecule has 6 heteroatoms. The molecule has 0 saturated carbocycles. The molecule has 2 aromatic carbocycles. The van der Waals surface area contributed by atoms with Crippen molar-refractivity contribution >= 4 is 12.1 Å². The first kappa shape index (κ1) is 24.2. The Bertz CT molecular complexity index is 869. The van der Waals surface area contributed by atoms with Gasteiger partial charge in [0.2, 0.25) is 0 Å². The van der Waals surface area contributed by atoms with E-state index < -0.39 is 12.1 Å². The summed E-state index contributed by atoms with van der Waals surface area (Å²) in [6, 6.07) is 13.7. The van der Waals surface area contributed by atoms with Crippen LogP contribution in [0.25, 0.3) is 0 Å². The molecule has 2 rings (SSSR count). The van der Waals surface area contributed by atoms with Gasteiger partial charge >= 0.3 is 12.1 Å². The Labute approximate surface area is 184 Å². The lowest BCUT2D eigenvalue weighted by molar-refractivity contribution is 0.0220. The van der Waals surface area contributed by atoms with Crippen molar-refractivity contribution in [2.45, 2.75) is 53.2 Å². The fourth-order valence-electron chi connectivity index (χ4n) is 3.30. The maximum Gasteiger partial charge on any atom is 0.441 e. The zero-order valence-corrected chi connectivity index (χ0v) is 18.6. The molecule has 6 nitrogen and oxygen atoms in total. The van der Waals surface area contributed by atoms with Crippen LogP contribution < -0.4 is 5.48 Å². The topological polar surface area (TPSA) is 73.9 Å². The van der Waals surface area contributed by atoms with Crippen LogP contribution in [-0.4, -0.2) is 24.8 Å². The fourth-order valence-corrected chi connectivity index (χ4v) is 3.30. The molecule has 0 aromatic heterocycles. The normalized spacial score (nSPS) is 11.9. The number of hydrogen-bond acceptors (Lipinski definition) is 5. The number of ether oxygens (including phenoxy) is 2. The first-order valence-corrected chi connectivity index (χ1v) is 10.4. The quantitative estimate of drug-likeness (QED) is 0.433. The van der Waals surface area contributed by atoms with Crippen LogP contribution in [0, 0.1) is 20.8 Å². The fraction of sp³-hybridized carbons (Fsp3) is 0.360. The number of aryl methyl sites for hydroxylation is 3. The Kier molecular flexibility index (Phi) is 9.78. The van der Waals surface area contributed by atoms with E-state index in [2.05, 4.69) is 6.92 Å². The first-order valence-electron chi connectivity index (χ1n) is 10.4. The van der Waals surface area contributed by atoms with Crippen molar-refractivity contribution < 1.29 is 23.9 Å². The molecule has 0 aliphatic heterocycles. The predicted molar refractivity (Wildman–Crippen MR) is 120 cm³/mol. The minimum absolute atomic E-state index is 0.0425. The zero-order valence-electron chi connectivity index (χ0n) is 18.6.